The maximum absolute atomic E-state index is 16.1. The summed E-state index contributed by atoms with van der Waals surface area (Å²) in [5, 5.41) is 41.9. The van der Waals surface area contributed by atoms with E-state index < -0.39 is 76.3 Å². The number of esters is 1. The fraction of sp³-hybridized carbons (Fsp3) is 0.560. The summed E-state index contributed by atoms with van der Waals surface area (Å²) in [7, 11) is 0. The molecule has 1 aromatic carbocycles. The van der Waals surface area contributed by atoms with E-state index in [1.807, 2.05) is 13.8 Å². The fourth-order valence-electron chi connectivity index (χ4n) is 5.44. The van der Waals surface area contributed by atoms with Crippen LogP contribution in [0.4, 0.5) is 20.2 Å². The Morgan fingerprint density at radius 3 is 2.27 bits per heavy atom. The number of pyridine rings is 1. The van der Waals surface area contributed by atoms with Crippen molar-refractivity contribution >= 4 is 34.2 Å². The van der Waals surface area contributed by atoms with Gasteiger partial charge in [0.25, 0.3) is 0 Å². The highest BCUT2D eigenvalue weighted by Gasteiger charge is 2.49. The van der Waals surface area contributed by atoms with Crippen LogP contribution in [0.1, 0.15) is 43.1 Å². The number of nitrogens with zero attached hydrogens (tertiary/aromatic N) is 2. The van der Waals surface area contributed by atoms with Crippen molar-refractivity contribution in [1.29, 1.82) is 0 Å². The lowest BCUT2D eigenvalue weighted by Gasteiger charge is -2.38. The number of benzene rings is 1. The Labute approximate surface area is 225 Å². The van der Waals surface area contributed by atoms with Gasteiger partial charge < -0.3 is 50.4 Å². The first-order valence-electron chi connectivity index (χ1n) is 12.8. The minimum atomic E-state index is -2.08. The predicted molar refractivity (Wildman–Crippen MR) is 135 cm³/mol. The standard InChI is InChI=1S/C25H30F2N4O9/c1-8-5-30(6-9(2)29-8)17-13(26)15(28)12-16(14(17)27)31(10-3-4-10)7-11(18(12)32)24(38)40-25-21(35)19(33)20(34)22(39-25)23(36)37/h7-10,19-22,25,29,33-35H,3-6,28H2,1-2H3,(H,36,37)/t8-,9+,19-,20-,21+,22-,25-/m0/s1. The second kappa shape index (κ2) is 10.2. The number of hydrogen-bond acceptors (Lipinski definition) is 11. The lowest BCUT2D eigenvalue weighted by atomic mass is 9.99. The van der Waals surface area contributed by atoms with E-state index in [0.717, 1.165) is 6.20 Å². The number of carboxylic acid groups (broad SMARTS) is 1. The number of aromatic nitrogens is 1. The number of aliphatic hydroxyl groups excluding tert-OH is 3. The lowest BCUT2D eigenvalue weighted by molar-refractivity contribution is -0.278. The van der Waals surface area contributed by atoms with Crippen LogP contribution < -0.4 is 21.4 Å². The van der Waals surface area contributed by atoms with Crippen LogP contribution in [0.15, 0.2) is 11.0 Å². The van der Waals surface area contributed by atoms with Gasteiger partial charge in [-0.25, -0.2) is 18.4 Å². The Bertz CT molecular complexity index is 1420. The molecular formula is C25H30F2N4O9. The summed E-state index contributed by atoms with van der Waals surface area (Å²) < 4.78 is 43.1. The maximum atomic E-state index is 16.1. The van der Waals surface area contributed by atoms with E-state index in [-0.39, 0.29) is 42.4 Å². The molecule has 0 amide bonds. The molecule has 15 heteroatoms. The molecule has 0 bridgehead atoms. The smallest absolute Gasteiger partial charge is 0.346 e. The first-order chi connectivity index (χ1) is 18.8. The summed E-state index contributed by atoms with van der Waals surface area (Å²) in [5.74, 6) is -5.28. The Morgan fingerprint density at radius 1 is 1.07 bits per heavy atom. The molecule has 1 aliphatic carbocycles. The normalized spacial score (nSPS) is 30.9. The first kappa shape index (κ1) is 28.2. The van der Waals surface area contributed by atoms with Gasteiger partial charge >= 0.3 is 11.9 Å². The van der Waals surface area contributed by atoms with Crippen molar-refractivity contribution in [3.05, 3.63) is 33.6 Å². The summed E-state index contributed by atoms with van der Waals surface area (Å²) >= 11 is 0. The Kier molecular flexibility index (Phi) is 7.20. The van der Waals surface area contributed by atoms with Crippen LogP contribution >= 0.6 is 0 Å². The average Bonchev–Trinajstić information content (AvgIpc) is 3.72. The summed E-state index contributed by atoms with van der Waals surface area (Å²) in [6.45, 7) is 4.30. The number of carbonyl (C=O) groups is 2. The number of hydrogen-bond donors (Lipinski definition) is 6. The van der Waals surface area contributed by atoms with Crippen molar-refractivity contribution in [1.82, 2.24) is 9.88 Å². The Hall–Kier alpha value is -3.37. The average molecular weight is 569 g/mol. The Balaban J connectivity index is 1.59. The lowest BCUT2D eigenvalue weighted by Crippen LogP contribution is -2.60. The molecule has 2 aromatic rings. The highest BCUT2D eigenvalue weighted by molar-refractivity contribution is 6.00. The monoisotopic (exact) mass is 568 g/mol. The number of ether oxygens (including phenoxy) is 2. The SMILES string of the molecule is C[C@@H]1CN(c2c(F)c(N)c3c(=O)c(C(=O)O[C@@H]4O[C@H](C(=O)O)[C@@H](O)[C@H](O)[C@H]4O)cn(C4CC4)c3c2F)C[C@H](C)N1. The number of carbonyl (C=O) groups excluding carboxylic acids is 1. The van der Waals surface area contributed by atoms with Crippen LogP contribution in [0.3, 0.4) is 0 Å². The van der Waals surface area contributed by atoms with Crippen molar-refractivity contribution in [2.24, 2.45) is 0 Å². The number of rotatable bonds is 5. The van der Waals surface area contributed by atoms with Crippen molar-refractivity contribution < 1.29 is 48.3 Å². The molecule has 0 radical (unpaired) electrons. The minimum absolute atomic E-state index is 0.0834. The van der Waals surface area contributed by atoms with Gasteiger partial charge in [-0.3, -0.25) is 4.79 Å². The van der Waals surface area contributed by atoms with E-state index in [1.165, 1.54) is 9.47 Å². The number of aliphatic carboxylic acids is 1. The zero-order valence-corrected chi connectivity index (χ0v) is 21.6. The number of carboxylic acids is 1. The summed E-state index contributed by atoms with van der Waals surface area (Å²) in [6.07, 6.45) is -8.08. The molecule has 5 rings (SSSR count). The van der Waals surface area contributed by atoms with Gasteiger partial charge in [0, 0.05) is 37.4 Å². The zero-order chi connectivity index (χ0) is 29.2. The molecule has 1 saturated carbocycles. The van der Waals surface area contributed by atoms with Gasteiger partial charge in [0.05, 0.1) is 16.6 Å². The van der Waals surface area contributed by atoms with Crippen molar-refractivity contribution in [2.45, 2.75) is 75.5 Å². The van der Waals surface area contributed by atoms with E-state index in [0.29, 0.717) is 12.8 Å². The summed E-state index contributed by atoms with van der Waals surface area (Å²) in [6, 6.07) is -0.493. The molecule has 1 aromatic heterocycles. The number of halogens is 2. The minimum Gasteiger partial charge on any atom is -0.479 e. The second-order valence-electron chi connectivity index (χ2n) is 10.6. The zero-order valence-electron chi connectivity index (χ0n) is 21.6. The Morgan fingerprint density at radius 2 is 1.70 bits per heavy atom. The van der Waals surface area contributed by atoms with E-state index in [2.05, 4.69) is 5.32 Å². The van der Waals surface area contributed by atoms with Crippen molar-refractivity contribution in [3.8, 4) is 0 Å². The summed E-state index contributed by atoms with van der Waals surface area (Å²) in [5.41, 5.74) is 2.92. The summed E-state index contributed by atoms with van der Waals surface area (Å²) in [4.78, 5) is 39.4. The third kappa shape index (κ3) is 4.66. The molecule has 0 unspecified atom stereocenters. The molecule has 2 saturated heterocycles. The number of aliphatic hydroxyl groups is 3. The molecule has 0 spiro atoms. The fourth-order valence-corrected chi connectivity index (χ4v) is 5.44. The molecule has 3 fully saturated rings. The molecule has 3 heterocycles. The van der Waals surface area contributed by atoms with Crippen molar-refractivity contribution in [2.75, 3.05) is 23.7 Å². The quantitative estimate of drug-likeness (QED) is 0.199. The number of nitrogens with one attached hydrogen (secondary N) is 1. The topological polar surface area (TPSA) is 197 Å². The molecule has 7 atom stereocenters. The number of anilines is 2. The number of piperazine rings is 1. The third-order valence-electron chi connectivity index (χ3n) is 7.43. The van der Waals surface area contributed by atoms with E-state index >= 15 is 8.78 Å². The maximum Gasteiger partial charge on any atom is 0.346 e. The molecule has 13 nitrogen and oxygen atoms in total. The highest BCUT2D eigenvalue weighted by Crippen LogP contribution is 2.42. The second-order valence-corrected chi connectivity index (χ2v) is 10.6. The number of nitrogen functional groups attached to an aromatic ring is 1. The van der Waals surface area contributed by atoms with Crippen LogP contribution in [0, 0.1) is 11.6 Å². The first-order valence-corrected chi connectivity index (χ1v) is 12.8. The number of fused-ring (bicyclic) bond motifs is 1. The van der Waals surface area contributed by atoms with Gasteiger partial charge in [0.15, 0.2) is 17.7 Å². The van der Waals surface area contributed by atoms with Crippen LogP contribution in [-0.2, 0) is 14.3 Å². The molecular weight excluding hydrogens is 538 g/mol. The molecule has 40 heavy (non-hydrogen) atoms. The van der Waals surface area contributed by atoms with Gasteiger partial charge in [0.2, 0.25) is 11.7 Å². The third-order valence-corrected chi connectivity index (χ3v) is 7.43. The van der Waals surface area contributed by atoms with Crippen molar-refractivity contribution in [3.63, 3.8) is 0 Å². The van der Waals surface area contributed by atoms with E-state index in [4.69, 9.17) is 15.2 Å². The van der Waals surface area contributed by atoms with Gasteiger partial charge in [-0.05, 0) is 26.7 Å². The van der Waals surface area contributed by atoms with E-state index in [9.17, 15) is 34.8 Å². The largest absolute Gasteiger partial charge is 0.479 e. The predicted octanol–water partition coefficient (Wildman–Crippen LogP) is -0.568. The van der Waals surface area contributed by atoms with Gasteiger partial charge in [-0.15, -0.1) is 0 Å². The highest BCUT2D eigenvalue weighted by atomic mass is 19.1. The van der Waals surface area contributed by atoms with Gasteiger partial charge in [0.1, 0.15) is 29.6 Å². The molecule has 7 N–H and O–H groups in total. The number of nitrogens with two attached hydrogens (primary N) is 1. The van der Waals surface area contributed by atoms with Crippen LogP contribution in [0.2, 0.25) is 0 Å². The van der Waals surface area contributed by atoms with Crippen LogP contribution in [-0.4, -0.2) is 92.8 Å². The van der Waals surface area contributed by atoms with E-state index in [1.54, 1.807) is 0 Å². The molecule has 218 valence electrons. The molecule has 3 aliphatic rings. The van der Waals surface area contributed by atoms with Gasteiger partial charge in [-0.2, -0.15) is 0 Å². The molecule has 2 aliphatic heterocycles. The van der Waals surface area contributed by atoms with Crippen LogP contribution in [0.5, 0.6) is 0 Å². The van der Waals surface area contributed by atoms with Gasteiger partial charge in [-0.1, -0.05) is 0 Å². The van der Waals surface area contributed by atoms with Crippen LogP contribution in [0.25, 0.3) is 10.9 Å².